The Labute approximate surface area is 126 Å². The highest BCUT2D eigenvalue weighted by atomic mass is 16.5. The number of nitrogens with zero attached hydrogens (tertiary/aromatic N) is 1. The normalized spacial score (nSPS) is 23.7. The Balaban J connectivity index is 1.60. The standard InChI is InChI=1S/C17H24N2O2/c1-12(15-9-18-10-15)17(20)19-8-7-14(11-19)13-3-5-16(21-2)6-4-13/h3-6,12,14-15,18H,7-11H2,1-2H3. The third-order valence-corrected chi connectivity index (χ3v) is 5.00. The molecule has 4 nitrogen and oxygen atoms in total. The van der Waals surface area contributed by atoms with E-state index in [4.69, 9.17) is 4.74 Å². The zero-order chi connectivity index (χ0) is 14.8. The summed E-state index contributed by atoms with van der Waals surface area (Å²) in [6.07, 6.45) is 1.06. The molecule has 2 aliphatic rings. The molecule has 2 fully saturated rings. The number of hydrogen-bond acceptors (Lipinski definition) is 3. The molecule has 0 radical (unpaired) electrons. The Morgan fingerprint density at radius 1 is 1.33 bits per heavy atom. The fourth-order valence-electron chi connectivity index (χ4n) is 3.26. The molecule has 1 aromatic rings. The largest absolute Gasteiger partial charge is 0.497 e. The van der Waals surface area contributed by atoms with Gasteiger partial charge in [-0.05, 0) is 43.1 Å². The van der Waals surface area contributed by atoms with Gasteiger partial charge in [-0.3, -0.25) is 4.79 Å². The van der Waals surface area contributed by atoms with Crippen molar-refractivity contribution in [2.45, 2.75) is 19.3 Å². The summed E-state index contributed by atoms with van der Waals surface area (Å²) in [5.41, 5.74) is 1.31. The number of carbonyl (C=O) groups excluding carboxylic acids is 1. The number of rotatable bonds is 4. The van der Waals surface area contributed by atoms with Crippen LogP contribution in [0.3, 0.4) is 0 Å². The first-order chi connectivity index (χ1) is 10.2. The lowest BCUT2D eigenvalue weighted by atomic mass is 9.88. The van der Waals surface area contributed by atoms with Crippen LogP contribution < -0.4 is 10.1 Å². The molecular formula is C17H24N2O2. The third-order valence-electron chi connectivity index (χ3n) is 5.00. The number of methoxy groups -OCH3 is 1. The van der Waals surface area contributed by atoms with Crippen LogP contribution in [0.2, 0.25) is 0 Å². The second-order valence-corrected chi connectivity index (χ2v) is 6.25. The molecule has 2 saturated heterocycles. The van der Waals surface area contributed by atoms with Crippen LogP contribution in [-0.4, -0.2) is 44.1 Å². The summed E-state index contributed by atoms with van der Waals surface area (Å²) >= 11 is 0. The van der Waals surface area contributed by atoms with Crippen LogP contribution in [0.15, 0.2) is 24.3 Å². The number of likely N-dealkylation sites (tertiary alicyclic amines) is 1. The van der Waals surface area contributed by atoms with Gasteiger partial charge in [-0.25, -0.2) is 0 Å². The molecule has 1 aromatic carbocycles. The van der Waals surface area contributed by atoms with E-state index in [1.165, 1.54) is 5.56 Å². The average molecular weight is 288 g/mol. The van der Waals surface area contributed by atoms with Crippen LogP contribution in [0.25, 0.3) is 0 Å². The van der Waals surface area contributed by atoms with Gasteiger partial charge in [0.05, 0.1) is 7.11 Å². The minimum atomic E-state index is 0.154. The van der Waals surface area contributed by atoms with E-state index < -0.39 is 0 Å². The maximum atomic E-state index is 12.5. The summed E-state index contributed by atoms with van der Waals surface area (Å²) < 4.78 is 5.20. The predicted molar refractivity (Wildman–Crippen MR) is 82.5 cm³/mol. The van der Waals surface area contributed by atoms with Gasteiger partial charge in [0, 0.05) is 24.9 Å². The molecule has 0 bridgehead atoms. The molecule has 4 heteroatoms. The highest BCUT2D eigenvalue weighted by Crippen LogP contribution is 2.30. The monoisotopic (exact) mass is 288 g/mol. The van der Waals surface area contributed by atoms with Gasteiger partial charge in [-0.1, -0.05) is 19.1 Å². The highest BCUT2D eigenvalue weighted by molar-refractivity contribution is 5.79. The molecule has 0 aromatic heterocycles. The Morgan fingerprint density at radius 3 is 2.62 bits per heavy atom. The van der Waals surface area contributed by atoms with Crippen LogP contribution in [0.5, 0.6) is 5.75 Å². The predicted octanol–water partition coefficient (Wildman–Crippen LogP) is 1.87. The van der Waals surface area contributed by atoms with E-state index in [0.717, 1.165) is 38.3 Å². The fraction of sp³-hybridized carbons (Fsp3) is 0.588. The van der Waals surface area contributed by atoms with E-state index in [9.17, 15) is 4.79 Å². The Kier molecular flexibility index (Phi) is 4.15. The summed E-state index contributed by atoms with van der Waals surface area (Å²) in [4.78, 5) is 14.6. The smallest absolute Gasteiger partial charge is 0.225 e. The van der Waals surface area contributed by atoms with Crippen molar-refractivity contribution in [3.63, 3.8) is 0 Å². The van der Waals surface area contributed by atoms with E-state index >= 15 is 0 Å². The molecule has 2 atom stereocenters. The molecule has 2 aliphatic heterocycles. The maximum absolute atomic E-state index is 12.5. The van der Waals surface area contributed by atoms with E-state index in [0.29, 0.717) is 17.7 Å². The van der Waals surface area contributed by atoms with Crippen molar-refractivity contribution in [2.75, 3.05) is 33.3 Å². The van der Waals surface area contributed by atoms with Gasteiger partial charge >= 0.3 is 0 Å². The topological polar surface area (TPSA) is 41.6 Å². The number of nitrogens with one attached hydrogen (secondary N) is 1. The number of ether oxygens (including phenoxy) is 1. The van der Waals surface area contributed by atoms with Crippen molar-refractivity contribution in [2.24, 2.45) is 11.8 Å². The lowest BCUT2D eigenvalue weighted by Gasteiger charge is -2.34. The van der Waals surface area contributed by atoms with Gasteiger partial charge in [0.15, 0.2) is 0 Å². The van der Waals surface area contributed by atoms with Crippen molar-refractivity contribution >= 4 is 5.91 Å². The Bertz CT molecular complexity index is 496. The van der Waals surface area contributed by atoms with Gasteiger partial charge in [0.2, 0.25) is 5.91 Å². The Hall–Kier alpha value is -1.55. The van der Waals surface area contributed by atoms with Crippen LogP contribution >= 0.6 is 0 Å². The number of benzene rings is 1. The molecule has 0 spiro atoms. The van der Waals surface area contributed by atoms with Crippen molar-refractivity contribution < 1.29 is 9.53 Å². The first-order valence-corrected chi connectivity index (χ1v) is 7.82. The molecule has 2 heterocycles. The SMILES string of the molecule is COc1ccc(C2CCN(C(=O)C(C)C3CNC3)C2)cc1. The zero-order valence-corrected chi connectivity index (χ0v) is 12.8. The quantitative estimate of drug-likeness (QED) is 0.919. The second-order valence-electron chi connectivity index (χ2n) is 6.25. The summed E-state index contributed by atoms with van der Waals surface area (Å²) in [7, 11) is 1.68. The number of hydrogen-bond donors (Lipinski definition) is 1. The van der Waals surface area contributed by atoms with Crippen molar-refractivity contribution in [3.05, 3.63) is 29.8 Å². The first kappa shape index (κ1) is 14.4. The zero-order valence-electron chi connectivity index (χ0n) is 12.8. The van der Waals surface area contributed by atoms with Gasteiger partial charge in [0.1, 0.15) is 5.75 Å². The molecule has 1 N–H and O–H groups in total. The lowest BCUT2D eigenvalue weighted by Crippen LogP contribution is -2.50. The maximum Gasteiger partial charge on any atom is 0.225 e. The van der Waals surface area contributed by atoms with Gasteiger partial charge in [0.25, 0.3) is 0 Å². The molecule has 2 unspecified atom stereocenters. The minimum Gasteiger partial charge on any atom is -0.497 e. The summed E-state index contributed by atoms with van der Waals surface area (Å²) in [5.74, 6) is 2.36. The highest BCUT2D eigenvalue weighted by Gasteiger charge is 2.35. The molecule has 0 aliphatic carbocycles. The molecule has 0 saturated carbocycles. The third kappa shape index (κ3) is 2.91. The van der Waals surface area contributed by atoms with Gasteiger partial charge < -0.3 is 15.0 Å². The van der Waals surface area contributed by atoms with Crippen LogP contribution in [0.4, 0.5) is 0 Å². The summed E-state index contributed by atoms with van der Waals surface area (Å²) in [6.45, 7) is 5.80. The lowest BCUT2D eigenvalue weighted by molar-refractivity contribution is -0.136. The van der Waals surface area contributed by atoms with E-state index in [1.807, 2.05) is 12.1 Å². The second kappa shape index (κ2) is 6.06. The first-order valence-electron chi connectivity index (χ1n) is 7.82. The molecule has 1 amide bonds. The van der Waals surface area contributed by atoms with E-state index in [1.54, 1.807) is 7.11 Å². The van der Waals surface area contributed by atoms with Crippen LogP contribution in [0.1, 0.15) is 24.8 Å². The molecule has 3 rings (SSSR count). The van der Waals surface area contributed by atoms with Gasteiger partial charge in [-0.15, -0.1) is 0 Å². The fourth-order valence-corrected chi connectivity index (χ4v) is 3.26. The summed E-state index contributed by atoms with van der Waals surface area (Å²) in [6, 6.07) is 8.25. The Morgan fingerprint density at radius 2 is 2.05 bits per heavy atom. The van der Waals surface area contributed by atoms with Gasteiger partial charge in [-0.2, -0.15) is 0 Å². The average Bonchev–Trinajstić information content (AvgIpc) is 2.94. The number of carbonyl (C=O) groups is 1. The van der Waals surface area contributed by atoms with Crippen molar-refractivity contribution in [3.8, 4) is 5.75 Å². The van der Waals surface area contributed by atoms with Crippen LogP contribution in [-0.2, 0) is 4.79 Å². The minimum absolute atomic E-state index is 0.154. The van der Waals surface area contributed by atoms with Crippen LogP contribution in [0, 0.1) is 11.8 Å². The molecule has 21 heavy (non-hydrogen) atoms. The summed E-state index contributed by atoms with van der Waals surface area (Å²) in [5, 5.41) is 3.25. The molecule has 114 valence electrons. The van der Waals surface area contributed by atoms with E-state index in [2.05, 4.69) is 29.3 Å². The van der Waals surface area contributed by atoms with Crippen molar-refractivity contribution in [1.82, 2.24) is 10.2 Å². The van der Waals surface area contributed by atoms with E-state index in [-0.39, 0.29) is 5.92 Å². The number of amides is 1. The van der Waals surface area contributed by atoms with Crippen molar-refractivity contribution in [1.29, 1.82) is 0 Å². The molecular weight excluding hydrogens is 264 g/mol.